The predicted molar refractivity (Wildman–Crippen MR) is 69.9 cm³/mol. The summed E-state index contributed by atoms with van der Waals surface area (Å²) in [7, 11) is 1.50. The molecule has 98 valence electrons. The summed E-state index contributed by atoms with van der Waals surface area (Å²) in [5.41, 5.74) is 0.342. The van der Waals surface area contributed by atoms with Crippen molar-refractivity contribution in [2.45, 2.75) is 19.4 Å². The molecule has 0 unspecified atom stereocenters. The molecule has 5 nitrogen and oxygen atoms in total. The number of carbonyl (C=O) groups excluding carboxylic acids is 1. The number of halogens is 1. The molecule has 1 atom stereocenters. The van der Waals surface area contributed by atoms with Crippen LogP contribution in [0.3, 0.4) is 0 Å². The van der Waals surface area contributed by atoms with Crippen molar-refractivity contribution < 1.29 is 19.4 Å². The zero-order valence-electron chi connectivity index (χ0n) is 10.1. The normalized spacial score (nSPS) is 11.7. The Kier molecular flexibility index (Phi) is 5.15. The van der Waals surface area contributed by atoms with Crippen LogP contribution in [0, 0.1) is 0 Å². The number of hydrogen-bond donors (Lipinski definition) is 2. The van der Waals surface area contributed by atoms with E-state index in [2.05, 4.69) is 21.2 Å². The third kappa shape index (κ3) is 3.46. The maximum absolute atomic E-state index is 11.9. The summed E-state index contributed by atoms with van der Waals surface area (Å²) in [6.45, 7) is 1.69. The molecule has 0 saturated carbocycles. The standard InChI is InChI=1S/C12H14BrNO4/c1-3-10(12(16)17)14-11(15)8-6-7(18-2)4-5-9(8)13/h4-6,10H,3H2,1-2H3,(H,14,15)(H,16,17)/t10-/m1/s1. The minimum Gasteiger partial charge on any atom is -0.497 e. The van der Waals surface area contributed by atoms with E-state index in [1.54, 1.807) is 25.1 Å². The second-order valence-electron chi connectivity index (χ2n) is 3.62. The number of carbonyl (C=O) groups is 2. The van der Waals surface area contributed by atoms with Crippen molar-refractivity contribution in [1.29, 1.82) is 0 Å². The van der Waals surface area contributed by atoms with Gasteiger partial charge in [-0.2, -0.15) is 0 Å². The van der Waals surface area contributed by atoms with E-state index in [1.165, 1.54) is 7.11 Å². The fourth-order valence-electron chi connectivity index (χ4n) is 1.38. The SMILES string of the molecule is CC[C@@H](NC(=O)c1cc(OC)ccc1Br)C(=O)O. The van der Waals surface area contributed by atoms with Crippen LogP contribution in [-0.4, -0.2) is 30.1 Å². The van der Waals surface area contributed by atoms with E-state index in [4.69, 9.17) is 9.84 Å². The van der Waals surface area contributed by atoms with Gasteiger partial charge in [-0.25, -0.2) is 4.79 Å². The molecule has 2 N–H and O–H groups in total. The summed E-state index contributed by atoms with van der Waals surface area (Å²) >= 11 is 3.25. The van der Waals surface area contributed by atoms with E-state index in [-0.39, 0.29) is 0 Å². The van der Waals surface area contributed by atoms with Crippen molar-refractivity contribution in [2.75, 3.05) is 7.11 Å². The smallest absolute Gasteiger partial charge is 0.326 e. The fourth-order valence-corrected chi connectivity index (χ4v) is 1.81. The molecule has 0 fully saturated rings. The zero-order valence-corrected chi connectivity index (χ0v) is 11.7. The minimum atomic E-state index is -1.05. The molecule has 0 aromatic heterocycles. The molecule has 0 radical (unpaired) electrons. The second kappa shape index (κ2) is 6.39. The first-order valence-corrected chi connectivity index (χ1v) is 6.16. The second-order valence-corrected chi connectivity index (χ2v) is 4.47. The van der Waals surface area contributed by atoms with Gasteiger partial charge in [0.05, 0.1) is 12.7 Å². The lowest BCUT2D eigenvalue weighted by Crippen LogP contribution is -2.40. The number of nitrogens with one attached hydrogen (secondary N) is 1. The Morgan fingerprint density at radius 1 is 1.50 bits per heavy atom. The van der Waals surface area contributed by atoms with E-state index in [0.29, 0.717) is 22.2 Å². The summed E-state index contributed by atoms with van der Waals surface area (Å²) in [6, 6.07) is 4.04. The van der Waals surface area contributed by atoms with Crippen LogP contribution in [0.4, 0.5) is 0 Å². The molecule has 1 rings (SSSR count). The topological polar surface area (TPSA) is 75.6 Å². The molecular weight excluding hydrogens is 302 g/mol. The van der Waals surface area contributed by atoms with Gasteiger partial charge in [0.2, 0.25) is 0 Å². The highest BCUT2D eigenvalue weighted by atomic mass is 79.9. The van der Waals surface area contributed by atoms with E-state index in [0.717, 1.165) is 0 Å². The quantitative estimate of drug-likeness (QED) is 0.872. The van der Waals surface area contributed by atoms with Crippen molar-refractivity contribution >= 4 is 27.8 Å². The average molecular weight is 316 g/mol. The number of rotatable bonds is 5. The van der Waals surface area contributed by atoms with Crippen LogP contribution in [0.1, 0.15) is 23.7 Å². The summed E-state index contributed by atoms with van der Waals surface area (Å²) in [6.07, 6.45) is 0.322. The van der Waals surface area contributed by atoms with Gasteiger partial charge in [0.1, 0.15) is 11.8 Å². The van der Waals surface area contributed by atoms with Crippen LogP contribution in [0.5, 0.6) is 5.75 Å². The van der Waals surface area contributed by atoms with E-state index >= 15 is 0 Å². The molecule has 1 aromatic rings. The van der Waals surface area contributed by atoms with Crippen LogP contribution in [0.25, 0.3) is 0 Å². The van der Waals surface area contributed by atoms with Gasteiger partial charge in [-0.3, -0.25) is 4.79 Å². The number of benzene rings is 1. The van der Waals surface area contributed by atoms with Crippen molar-refractivity contribution in [1.82, 2.24) is 5.32 Å². The number of aliphatic carboxylic acids is 1. The Morgan fingerprint density at radius 2 is 2.17 bits per heavy atom. The van der Waals surface area contributed by atoms with Crippen LogP contribution >= 0.6 is 15.9 Å². The molecular formula is C12H14BrNO4. The average Bonchev–Trinajstić information content (AvgIpc) is 2.35. The maximum Gasteiger partial charge on any atom is 0.326 e. The number of ether oxygens (including phenoxy) is 1. The van der Waals surface area contributed by atoms with Crippen molar-refractivity contribution in [2.24, 2.45) is 0 Å². The first kappa shape index (κ1) is 14.5. The predicted octanol–water partition coefficient (Wildman–Crippen LogP) is 2.05. The molecule has 0 bridgehead atoms. The van der Waals surface area contributed by atoms with Crippen LogP contribution in [0.2, 0.25) is 0 Å². The molecule has 1 amide bonds. The highest BCUT2D eigenvalue weighted by molar-refractivity contribution is 9.10. The van der Waals surface area contributed by atoms with Crippen molar-refractivity contribution in [3.05, 3.63) is 28.2 Å². The Bertz CT molecular complexity index is 461. The van der Waals surface area contributed by atoms with Gasteiger partial charge < -0.3 is 15.2 Å². The van der Waals surface area contributed by atoms with Gasteiger partial charge in [-0.15, -0.1) is 0 Å². The molecule has 0 saturated heterocycles. The highest BCUT2D eigenvalue weighted by Crippen LogP contribution is 2.22. The summed E-state index contributed by atoms with van der Waals surface area (Å²) in [4.78, 5) is 22.8. The molecule has 1 aromatic carbocycles. The molecule has 0 aliphatic rings. The van der Waals surface area contributed by atoms with Crippen LogP contribution in [0.15, 0.2) is 22.7 Å². The van der Waals surface area contributed by atoms with E-state index < -0.39 is 17.9 Å². The minimum absolute atomic E-state index is 0.322. The van der Waals surface area contributed by atoms with Gasteiger partial charge in [0.25, 0.3) is 5.91 Å². The van der Waals surface area contributed by atoms with Gasteiger partial charge in [-0.05, 0) is 40.5 Å². The van der Waals surface area contributed by atoms with E-state index in [9.17, 15) is 9.59 Å². The van der Waals surface area contributed by atoms with Gasteiger partial charge in [0.15, 0.2) is 0 Å². The van der Waals surface area contributed by atoms with Crippen LogP contribution in [-0.2, 0) is 4.79 Å². The number of carboxylic acids is 1. The number of amides is 1. The summed E-state index contributed by atoms with van der Waals surface area (Å²) in [5.74, 6) is -0.966. The largest absolute Gasteiger partial charge is 0.497 e. The van der Waals surface area contributed by atoms with Gasteiger partial charge in [0, 0.05) is 4.47 Å². The zero-order chi connectivity index (χ0) is 13.7. The summed E-state index contributed by atoms with van der Waals surface area (Å²) in [5, 5.41) is 11.3. The Morgan fingerprint density at radius 3 is 2.67 bits per heavy atom. The monoisotopic (exact) mass is 315 g/mol. The Hall–Kier alpha value is -1.56. The third-order valence-corrected chi connectivity index (χ3v) is 3.12. The Balaban J connectivity index is 2.93. The van der Waals surface area contributed by atoms with Crippen molar-refractivity contribution in [3.8, 4) is 5.75 Å². The molecule has 0 spiro atoms. The van der Waals surface area contributed by atoms with Gasteiger partial charge >= 0.3 is 5.97 Å². The van der Waals surface area contributed by atoms with Gasteiger partial charge in [-0.1, -0.05) is 6.92 Å². The number of methoxy groups -OCH3 is 1. The molecule has 0 aliphatic heterocycles. The summed E-state index contributed by atoms with van der Waals surface area (Å²) < 4.78 is 5.61. The first-order valence-electron chi connectivity index (χ1n) is 5.36. The molecule has 0 aliphatic carbocycles. The molecule has 0 heterocycles. The third-order valence-electron chi connectivity index (χ3n) is 2.43. The molecule has 6 heteroatoms. The maximum atomic E-state index is 11.9. The first-order chi connectivity index (χ1) is 8.49. The molecule has 18 heavy (non-hydrogen) atoms. The lowest BCUT2D eigenvalue weighted by atomic mass is 10.1. The van der Waals surface area contributed by atoms with Crippen LogP contribution < -0.4 is 10.1 Å². The van der Waals surface area contributed by atoms with E-state index in [1.807, 2.05) is 0 Å². The Labute approximate surface area is 113 Å². The fraction of sp³-hybridized carbons (Fsp3) is 0.333. The highest BCUT2D eigenvalue weighted by Gasteiger charge is 2.20. The number of hydrogen-bond acceptors (Lipinski definition) is 3. The number of carboxylic acid groups (broad SMARTS) is 1. The lowest BCUT2D eigenvalue weighted by Gasteiger charge is -2.13. The lowest BCUT2D eigenvalue weighted by molar-refractivity contribution is -0.139. The van der Waals surface area contributed by atoms with Crippen molar-refractivity contribution in [3.63, 3.8) is 0 Å².